The van der Waals surface area contributed by atoms with E-state index in [9.17, 15) is 4.39 Å². The largest absolute Gasteiger partial charge is 0.373 e. The molecule has 1 aliphatic carbocycles. The highest BCUT2D eigenvalue weighted by molar-refractivity contribution is 9.10. The lowest BCUT2D eigenvalue weighted by Crippen LogP contribution is -2.11. The molecule has 116 valence electrons. The summed E-state index contributed by atoms with van der Waals surface area (Å²) < 4.78 is 25.8. The van der Waals surface area contributed by atoms with Crippen molar-refractivity contribution in [2.75, 3.05) is 0 Å². The van der Waals surface area contributed by atoms with Crippen LogP contribution >= 0.6 is 15.9 Å². The normalized spacial score (nSPS) is 18.4. The summed E-state index contributed by atoms with van der Waals surface area (Å²) in [5.74, 6) is -0.332. The minimum absolute atomic E-state index is 0.205. The van der Waals surface area contributed by atoms with Gasteiger partial charge in [-0.1, -0.05) is 33.2 Å². The number of rotatable bonds is 4. The van der Waals surface area contributed by atoms with Crippen LogP contribution in [-0.2, 0) is 11.3 Å². The van der Waals surface area contributed by atoms with Gasteiger partial charge in [0, 0.05) is 15.6 Å². The van der Waals surface area contributed by atoms with Gasteiger partial charge in [-0.25, -0.2) is 4.39 Å². The van der Waals surface area contributed by atoms with E-state index < -0.39 is 0 Å². The van der Waals surface area contributed by atoms with Crippen molar-refractivity contribution in [3.05, 3.63) is 52.5 Å². The van der Waals surface area contributed by atoms with Gasteiger partial charge in [-0.3, -0.25) is 0 Å². The van der Waals surface area contributed by atoms with Gasteiger partial charge in [-0.2, -0.15) is 0 Å². The molecular formula is C17H17BrFNO2. The number of nitrogens with zero attached hydrogens (tertiary/aromatic N) is 1. The highest BCUT2D eigenvalue weighted by Gasteiger charge is 2.17. The fourth-order valence-electron chi connectivity index (χ4n) is 2.57. The average Bonchev–Trinajstić information content (AvgIpc) is 2.80. The van der Waals surface area contributed by atoms with E-state index in [2.05, 4.69) is 33.2 Å². The molecule has 0 N–H and O–H groups in total. The van der Waals surface area contributed by atoms with Crippen LogP contribution in [0.15, 0.2) is 45.6 Å². The molecule has 0 spiro atoms. The van der Waals surface area contributed by atoms with Crippen molar-refractivity contribution < 1.29 is 13.7 Å². The minimum atomic E-state index is -0.332. The molecule has 0 fully saturated rings. The fraction of sp³-hybridized carbons (Fsp3) is 0.353. The molecule has 5 heteroatoms. The van der Waals surface area contributed by atoms with Crippen molar-refractivity contribution in [2.45, 2.75) is 38.4 Å². The van der Waals surface area contributed by atoms with Gasteiger partial charge in [0.1, 0.15) is 17.8 Å². The topological polar surface area (TPSA) is 35.3 Å². The Balaban J connectivity index is 1.73. The molecule has 0 radical (unpaired) electrons. The molecule has 1 unspecified atom stereocenters. The van der Waals surface area contributed by atoms with Gasteiger partial charge >= 0.3 is 0 Å². The Kier molecular flexibility index (Phi) is 5.05. The zero-order valence-corrected chi connectivity index (χ0v) is 13.7. The van der Waals surface area contributed by atoms with Crippen LogP contribution in [0.5, 0.6) is 0 Å². The maximum atomic E-state index is 14.1. The van der Waals surface area contributed by atoms with Crippen LogP contribution in [0.3, 0.4) is 0 Å². The van der Waals surface area contributed by atoms with Gasteiger partial charge in [0.05, 0.1) is 12.7 Å². The molecule has 22 heavy (non-hydrogen) atoms. The molecule has 0 amide bonds. The van der Waals surface area contributed by atoms with Gasteiger partial charge in [-0.15, -0.1) is 0 Å². The van der Waals surface area contributed by atoms with E-state index in [0.717, 1.165) is 31.2 Å². The maximum absolute atomic E-state index is 14.1. The first-order valence-corrected chi connectivity index (χ1v) is 8.18. The molecule has 1 atom stereocenters. The number of aromatic nitrogens is 1. The third-order valence-electron chi connectivity index (χ3n) is 3.77. The van der Waals surface area contributed by atoms with Gasteiger partial charge < -0.3 is 9.26 Å². The molecule has 3 rings (SSSR count). The third kappa shape index (κ3) is 3.65. The highest BCUT2D eigenvalue weighted by Crippen LogP contribution is 2.28. The van der Waals surface area contributed by atoms with Crippen molar-refractivity contribution in [1.29, 1.82) is 0 Å². The van der Waals surface area contributed by atoms with Crippen LogP contribution in [0.1, 0.15) is 31.2 Å². The maximum Gasteiger partial charge on any atom is 0.133 e. The number of halogens is 2. The molecule has 1 heterocycles. The van der Waals surface area contributed by atoms with Gasteiger partial charge in [-0.05, 0) is 43.9 Å². The fourth-order valence-corrected chi connectivity index (χ4v) is 2.90. The predicted molar refractivity (Wildman–Crippen MR) is 85.8 cm³/mol. The van der Waals surface area contributed by atoms with Crippen LogP contribution in [0.2, 0.25) is 0 Å². The van der Waals surface area contributed by atoms with Gasteiger partial charge in [0.2, 0.25) is 0 Å². The number of hydrogen-bond donors (Lipinski definition) is 0. The number of hydrogen-bond acceptors (Lipinski definition) is 3. The summed E-state index contributed by atoms with van der Waals surface area (Å²) in [5, 5.41) is 3.93. The van der Waals surface area contributed by atoms with E-state index in [1.165, 1.54) is 12.3 Å². The van der Waals surface area contributed by atoms with Crippen LogP contribution < -0.4 is 0 Å². The van der Waals surface area contributed by atoms with Crippen LogP contribution in [0, 0.1) is 5.82 Å². The van der Waals surface area contributed by atoms with E-state index in [1.807, 2.05) is 0 Å². The Morgan fingerprint density at radius 3 is 3.14 bits per heavy atom. The van der Waals surface area contributed by atoms with Crippen molar-refractivity contribution >= 4 is 15.9 Å². The second kappa shape index (κ2) is 7.20. The number of allylic oxidation sites excluding steroid dienone is 1. The van der Waals surface area contributed by atoms with E-state index >= 15 is 0 Å². The first-order chi connectivity index (χ1) is 10.7. The second-order valence-corrected chi connectivity index (χ2v) is 6.30. The summed E-state index contributed by atoms with van der Waals surface area (Å²) in [6.45, 7) is 0.382. The van der Waals surface area contributed by atoms with Crippen molar-refractivity contribution in [1.82, 2.24) is 5.16 Å². The molecule has 0 bridgehead atoms. The zero-order chi connectivity index (χ0) is 15.4. The Bertz CT molecular complexity index is 668. The monoisotopic (exact) mass is 365 g/mol. The van der Waals surface area contributed by atoms with E-state index in [1.54, 1.807) is 12.1 Å². The predicted octanol–water partition coefficient (Wildman–Crippen LogP) is 5.26. The van der Waals surface area contributed by atoms with Crippen LogP contribution in [0.25, 0.3) is 11.3 Å². The summed E-state index contributed by atoms with van der Waals surface area (Å²) in [4.78, 5) is 0. The molecule has 3 nitrogen and oxygen atoms in total. The summed E-state index contributed by atoms with van der Waals surface area (Å²) in [6, 6.07) is 4.90. The van der Waals surface area contributed by atoms with E-state index in [-0.39, 0.29) is 11.9 Å². The molecule has 2 aromatic rings. The molecule has 1 aromatic carbocycles. The van der Waals surface area contributed by atoms with Crippen molar-refractivity contribution in [2.24, 2.45) is 0 Å². The quantitative estimate of drug-likeness (QED) is 0.693. The molecule has 1 aliphatic rings. The summed E-state index contributed by atoms with van der Waals surface area (Å²) in [7, 11) is 0. The zero-order valence-electron chi connectivity index (χ0n) is 12.1. The molecule has 0 aliphatic heterocycles. The molecular weight excluding hydrogens is 349 g/mol. The average molecular weight is 366 g/mol. The van der Waals surface area contributed by atoms with Crippen LogP contribution in [0.4, 0.5) is 4.39 Å². The lowest BCUT2D eigenvalue weighted by molar-refractivity contribution is 0.0371. The van der Waals surface area contributed by atoms with Crippen molar-refractivity contribution in [3.63, 3.8) is 0 Å². The van der Waals surface area contributed by atoms with Crippen LogP contribution in [-0.4, -0.2) is 11.3 Å². The highest BCUT2D eigenvalue weighted by atomic mass is 79.9. The molecule has 0 saturated heterocycles. The van der Waals surface area contributed by atoms with E-state index in [4.69, 9.17) is 9.26 Å². The summed E-state index contributed by atoms with van der Waals surface area (Å²) in [6.07, 6.45) is 10.3. The van der Waals surface area contributed by atoms with Gasteiger partial charge in [0.25, 0.3) is 0 Å². The molecule has 1 aromatic heterocycles. The first-order valence-electron chi connectivity index (χ1n) is 7.39. The smallest absolute Gasteiger partial charge is 0.133 e. The summed E-state index contributed by atoms with van der Waals surface area (Å²) in [5.41, 5.74) is 1.71. The first kappa shape index (κ1) is 15.4. The Labute approximate surface area is 137 Å². The molecule has 0 saturated carbocycles. The van der Waals surface area contributed by atoms with E-state index in [0.29, 0.717) is 22.3 Å². The number of benzene rings is 1. The van der Waals surface area contributed by atoms with Crippen molar-refractivity contribution in [3.8, 4) is 11.3 Å². The Hall–Kier alpha value is -1.46. The summed E-state index contributed by atoms with van der Waals surface area (Å²) >= 11 is 3.25. The third-order valence-corrected chi connectivity index (χ3v) is 4.26. The lowest BCUT2D eigenvalue weighted by atomic mass is 10.1. The minimum Gasteiger partial charge on any atom is -0.373 e. The standard InChI is InChI=1S/C17H17BrFNO2/c18-13-7-8-15(16(19)9-13)17-12(11-22-20-17)10-21-14-5-3-1-2-4-6-14/h1,3,7-9,11,14H,2,4-6,10H2. The Morgan fingerprint density at radius 2 is 2.27 bits per heavy atom. The Morgan fingerprint density at radius 1 is 1.36 bits per heavy atom. The number of ether oxygens (including phenoxy) is 1. The van der Waals surface area contributed by atoms with Gasteiger partial charge in [0.15, 0.2) is 0 Å². The SMILES string of the molecule is Fc1cc(Br)ccc1-c1nocc1COC1CC=CCCC1. The lowest BCUT2D eigenvalue weighted by Gasteiger charge is -2.14. The second-order valence-electron chi connectivity index (χ2n) is 5.38.